The van der Waals surface area contributed by atoms with Crippen LogP contribution in [0.15, 0.2) is 12.7 Å². The van der Waals surface area contributed by atoms with Crippen LogP contribution in [0.4, 0.5) is 0 Å². The van der Waals surface area contributed by atoms with Gasteiger partial charge < -0.3 is 0 Å². The van der Waals surface area contributed by atoms with Crippen molar-refractivity contribution in [3.8, 4) is 0 Å². The van der Waals surface area contributed by atoms with Crippen LogP contribution in [0.3, 0.4) is 0 Å². The van der Waals surface area contributed by atoms with Gasteiger partial charge in [0.1, 0.15) is 0 Å². The summed E-state index contributed by atoms with van der Waals surface area (Å²) >= 11 is 0. The third-order valence-corrected chi connectivity index (χ3v) is 1.20. The van der Waals surface area contributed by atoms with Gasteiger partial charge in [0.2, 0.25) is 0 Å². The Bertz CT molecular complexity index is 68.9. The lowest BCUT2D eigenvalue weighted by atomic mass is 10.2. The van der Waals surface area contributed by atoms with Gasteiger partial charge in [-0.05, 0) is 13.3 Å². The monoisotopic (exact) mass is 114 g/mol. The molecule has 0 rings (SSSR count). The first-order valence-corrected chi connectivity index (χ1v) is 2.77. The van der Waals surface area contributed by atoms with E-state index in [-0.39, 0.29) is 0 Å². The van der Waals surface area contributed by atoms with Gasteiger partial charge in [-0.15, -0.1) is 6.58 Å². The molecule has 2 N–H and O–H groups in total. The van der Waals surface area contributed by atoms with Gasteiger partial charge in [0.15, 0.2) is 0 Å². The lowest BCUT2D eigenvalue weighted by Gasteiger charge is -2.16. The van der Waals surface area contributed by atoms with Crippen molar-refractivity contribution in [3.63, 3.8) is 0 Å². The topological polar surface area (TPSA) is 29.3 Å². The van der Waals surface area contributed by atoms with Crippen LogP contribution in [0.2, 0.25) is 0 Å². The van der Waals surface area contributed by atoms with Crippen molar-refractivity contribution in [1.82, 2.24) is 5.01 Å². The summed E-state index contributed by atoms with van der Waals surface area (Å²) in [4.78, 5) is 0. The molecule has 1 unspecified atom stereocenters. The van der Waals surface area contributed by atoms with Crippen LogP contribution in [0, 0.1) is 0 Å². The van der Waals surface area contributed by atoms with Gasteiger partial charge in [-0.1, -0.05) is 6.08 Å². The lowest BCUT2D eigenvalue weighted by molar-refractivity contribution is 0.268. The van der Waals surface area contributed by atoms with E-state index in [2.05, 4.69) is 13.5 Å². The molecular formula is C6H14N2. The summed E-state index contributed by atoms with van der Waals surface area (Å²) in [5.74, 6) is 5.41. The fourth-order valence-electron chi connectivity index (χ4n) is 0.407. The zero-order valence-electron chi connectivity index (χ0n) is 5.59. The van der Waals surface area contributed by atoms with Gasteiger partial charge in [-0.3, -0.25) is 5.84 Å². The highest BCUT2D eigenvalue weighted by Gasteiger charge is 1.99. The number of nitrogens with two attached hydrogens (primary N) is 1. The molecule has 2 nitrogen and oxygen atoms in total. The van der Waals surface area contributed by atoms with Crippen LogP contribution >= 0.6 is 0 Å². The third kappa shape index (κ3) is 2.77. The SMILES string of the molecule is C=CCC(C)N(C)N. The van der Waals surface area contributed by atoms with E-state index in [0.29, 0.717) is 6.04 Å². The van der Waals surface area contributed by atoms with E-state index in [4.69, 9.17) is 5.84 Å². The molecule has 0 saturated carbocycles. The Balaban J connectivity index is 3.30. The normalized spacial score (nSPS) is 14.0. The molecule has 0 bridgehead atoms. The predicted octanol–water partition coefficient (Wildman–Crippen LogP) is 0.756. The molecule has 0 radical (unpaired) electrons. The summed E-state index contributed by atoms with van der Waals surface area (Å²) in [6.07, 6.45) is 2.82. The van der Waals surface area contributed by atoms with Crippen LogP contribution in [0.1, 0.15) is 13.3 Å². The maximum atomic E-state index is 5.41. The maximum Gasteiger partial charge on any atom is 0.0244 e. The fraction of sp³-hybridized carbons (Fsp3) is 0.667. The van der Waals surface area contributed by atoms with Crippen molar-refractivity contribution in [2.24, 2.45) is 5.84 Å². The van der Waals surface area contributed by atoms with Gasteiger partial charge >= 0.3 is 0 Å². The van der Waals surface area contributed by atoms with E-state index >= 15 is 0 Å². The van der Waals surface area contributed by atoms with Crippen molar-refractivity contribution in [3.05, 3.63) is 12.7 Å². The lowest BCUT2D eigenvalue weighted by Crippen LogP contribution is -2.34. The summed E-state index contributed by atoms with van der Waals surface area (Å²) in [5.41, 5.74) is 0. The first kappa shape index (κ1) is 7.66. The summed E-state index contributed by atoms with van der Waals surface area (Å²) < 4.78 is 0. The van der Waals surface area contributed by atoms with E-state index in [1.54, 1.807) is 5.01 Å². The first-order valence-electron chi connectivity index (χ1n) is 2.77. The quantitative estimate of drug-likeness (QED) is 0.333. The zero-order chi connectivity index (χ0) is 6.57. The second-order valence-corrected chi connectivity index (χ2v) is 2.04. The Morgan fingerprint density at radius 1 is 1.88 bits per heavy atom. The molecule has 0 aliphatic heterocycles. The van der Waals surface area contributed by atoms with E-state index in [1.165, 1.54) is 0 Å². The van der Waals surface area contributed by atoms with Gasteiger partial charge in [-0.2, -0.15) is 0 Å². The molecule has 0 saturated heterocycles. The molecule has 0 fully saturated rings. The number of hydrogen-bond acceptors (Lipinski definition) is 2. The van der Waals surface area contributed by atoms with Crippen molar-refractivity contribution in [2.75, 3.05) is 7.05 Å². The Kier molecular flexibility index (Phi) is 3.48. The minimum absolute atomic E-state index is 0.410. The van der Waals surface area contributed by atoms with Crippen molar-refractivity contribution < 1.29 is 0 Å². The third-order valence-electron chi connectivity index (χ3n) is 1.20. The summed E-state index contributed by atoms with van der Waals surface area (Å²) in [7, 11) is 1.86. The minimum atomic E-state index is 0.410. The molecule has 2 heteroatoms. The maximum absolute atomic E-state index is 5.41. The highest BCUT2D eigenvalue weighted by atomic mass is 15.4. The molecule has 1 atom stereocenters. The fourth-order valence-corrected chi connectivity index (χ4v) is 0.407. The number of hydrazine groups is 1. The summed E-state index contributed by atoms with van der Waals surface area (Å²) in [6, 6.07) is 0.410. The second kappa shape index (κ2) is 3.64. The largest absolute Gasteiger partial charge is 0.269 e. The Hall–Kier alpha value is -0.340. The molecule has 0 aliphatic carbocycles. The zero-order valence-corrected chi connectivity index (χ0v) is 5.59. The number of rotatable bonds is 3. The average Bonchev–Trinajstić information content (AvgIpc) is 1.67. The molecule has 0 amide bonds. The number of nitrogens with zero attached hydrogens (tertiary/aromatic N) is 1. The summed E-state index contributed by atoms with van der Waals surface area (Å²) in [5, 5.41) is 1.68. The van der Waals surface area contributed by atoms with Crippen LogP contribution < -0.4 is 5.84 Å². The molecule has 0 spiro atoms. The molecule has 0 aromatic rings. The van der Waals surface area contributed by atoms with Gasteiger partial charge in [0.25, 0.3) is 0 Å². The van der Waals surface area contributed by atoms with Gasteiger partial charge in [-0.25, -0.2) is 5.01 Å². The average molecular weight is 114 g/mol. The molecule has 0 aliphatic rings. The number of hydrogen-bond donors (Lipinski definition) is 1. The molecule has 0 aromatic carbocycles. The van der Waals surface area contributed by atoms with Gasteiger partial charge in [0, 0.05) is 13.1 Å². The Morgan fingerprint density at radius 3 is 2.50 bits per heavy atom. The molecule has 0 heterocycles. The van der Waals surface area contributed by atoms with Crippen molar-refractivity contribution in [2.45, 2.75) is 19.4 Å². The minimum Gasteiger partial charge on any atom is -0.269 e. The van der Waals surface area contributed by atoms with E-state index in [9.17, 15) is 0 Å². The molecule has 48 valence electrons. The second-order valence-electron chi connectivity index (χ2n) is 2.04. The van der Waals surface area contributed by atoms with Crippen LogP contribution in [0.25, 0.3) is 0 Å². The molecule has 8 heavy (non-hydrogen) atoms. The van der Waals surface area contributed by atoms with Gasteiger partial charge in [0.05, 0.1) is 0 Å². The molecule has 0 aromatic heterocycles. The van der Waals surface area contributed by atoms with Crippen LogP contribution in [-0.2, 0) is 0 Å². The Morgan fingerprint density at radius 2 is 2.38 bits per heavy atom. The first-order chi connectivity index (χ1) is 3.68. The van der Waals surface area contributed by atoms with Crippen LogP contribution in [0.5, 0.6) is 0 Å². The smallest absolute Gasteiger partial charge is 0.0244 e. The standard InChI is InChI=1S/C6H14N2/c1-4-5-6(2)8(3)7/h4,6H,1,5,7H2,2-3H3. The van der Waals surface area contributed by atoms with E-state index < -0.39 is 0 Å². The van der Waals surface area contributed by atoms with E-state index in [0.717, 1.165) is 6.42 Å². The highest BCUT2D eigenvalue weighted by Crippen LogP contribution is 1.94. The van der Waals surface area contributed by atoms with E-state index in [1.807, 2.05) is 13.1 Å². The predicted molar refractivity (Wildman–Crippen MR) is 36.2 cm³/mol. The highest BCUT2D eigenvalue weighted by molar-refractivity contribution is 4.73. The van der Waals surface area contributed by atoms with Crippen molar-refractivity contribution >= 4 is 0 Å². The molecular weight excluding hydrogens is 100 g/mol. The Labute approximate surface area is 50.9 Å². The van der Waals surface area contributed by atoms with Crippen LogP contribution in [-0.4, -0.2) is 18.1 Å². The summed E-state index contributed by atoms with van der Waals surface area (Å²) in [6.45, 7) is 5.66. The van der Waals surface area contributed by atoms with Crippen molar-refractivity contribution in [1.29, 1.82) is 0 Å².